The number of carboxylic acid groups (broad SMARTS) is 1. The van der Waals surface area contributed by atoms with Gasteiger partial charge < -0.3 is 10.0 Å². The molecule has 0 amide bonds. The fraction of sp³-hybridized carbons (Fsp3) is 0.357. The molecule has 19 heavy (non-hydrogen) atoms. The molecule has 2 rings (SSSR count). The van der Waals surface area contributed by atoms with Gasteiger partial charge in [0.05, 0.1) is 0 Å². The highest BCUT2D eigenvalue weighted by Crippen LogP contribution is 2.23. The van der Waals surface area contributed by atoms with Crippen molar-refractivity contribution in [2.24, 2.45) is 0 Å². The molecule has 0 radical (unpaired) electrons. The molecule has 1 fully saturated rings. The zero-order valence-corrected chi connectivity index (χ0v) is 11.7. The van der Waals surface area contributed by atoms with Crippen LogP contribution in [0, 0.1) is 6.92 Å². The highest BCUT2D eigenvalue weighted by molar-refractivity contribution is 7.85. The minimum absolute atomic E-state index is 0.672. The normalized spacial score (nSPS) is 17.0. The van der Waals surface area contributed by atoms with Gasteiger partial charge in [0.1, 0.15) is 0 Å². The van der Waals surface area contributed by atoms with Crippen molar-refractivity contribution in [3.8, 4) is 0 Å². The van der Waals surface area contributed by atoms with Crippen LogP contribution in [-0.4, -0.2) is 39.9 Å². The van der Waals surface area contributed by atoms with Crippen molar-refractivity contribution in [3.05, 3.63) is 35.4 Å². The lowest BCUT2D eigenvalue weighted by molar-refractivity contribution is -0.131. The van der Waals surface area contributed by atoms with Crippen molar-refractivity contribution in [2.75, 3.05) is 29.5 Å². The molecule has 0 spiro atoms. The van der Waals surface area contributed by atoms with Gasteiger partial charge in [0.25, 0.3) is 0 Å². The monoisotopic (exact) mass is 279 g/mol. The lowest BCUT2D eigenvalue weighted by Crippen LogP contribution is -2.38. The van der Waals surface area contributed by atoms with Crippen LogP contribution in [-0.2, 0) is 15.6 Å². The van der Waals surface area contributed by atoms with E-state index in [9.17, 15) is 9.00 Å². The van der Waals surface area contributed by atoms with Crippen molar-refractivity contribution < 1.29 is 14.1 Å². The Kier molecular flexibility index (Phi) is 4.37. The van der Waals surface area contributed by atoms with E-state index in [0.717, 1.165) is 47.5 Å². The Hall–Kier alpha value is -1.62. The molecular weight excluding hydrogens is 262 g/mol. The summed E-state index contributed by atoms with van der Waals surface area (Å²) in [7, 11) is -0.672. The average Bonchev–Trinajstić information content (AvgIpc) is 2.38. The van der Waals surface area contributed by atoms with Gasteiger partial charge >= 0.3 is 5.97 Å². The minimum Gasteiger partial charge on any atom is -0.478 e. The number of nitrogens with zero attached hydrogens (tertiary/aromatic N) is 1. The Labute approximate surface area is 115 Å². The Balaban J connectivity index is 2.15. The summed E-state index contributed by atoms with van der Waals surface area (Å²) in [6, 6.07) is 5.89. The Morgan fingerprint density at radius 3 is 2.63 bits per heavy atom. The van der Waals surface area contributed by atoms with Crippen LogP contribution in [0.25, 0.3) is 6.08 Å². The first-order valence-electron chi connectivity index (χ1n) is 6.18. The Bertz CT molecular complexity index is 529. The Morgan fingerprint density at radius 1 is 1.37 bits per heavy atom. The van der Waals surface area contributed by atoms with Crippen LogP contribution in [0.3, 0.4) is 0 Å². The molecule has 0 bridgehead atoms. The van der Waals surface area contributed by atoms with Gasteiger partial charge in [-0.25, -0.2) is 4.79 Å². The average molecular weight is 279 g/mol. The van der Waals surface area contributed by atoms with E-state index in [4.69, 9.17) is 5.11 Å². The summed E-state index contributed by atoms with van der Waals surface area (Å²) >= 11 is 0. The molecule has 1 saturated heterocycles. The third kappa shape index (κ3) is 3.67. The molecule has 0 aliphatic carbocycles. The molecular formula is C14H17NO3S. The third-order valence-electron chi connectivity index (χ3n) is 3.16. The van der Waals surface area contributed by atoms with Gasteiger partial charge in [0.2, 0.25) is 0 Å². The van der Waals surface area contributed by atoms with E-state index in [-0.39, 0.29) is 0 Å². The highest BCUT2D eigenvalue weighted by atomic mass is 32.2. The van der Waals surface area contributed by atoms with Crippen molar-refractivity contribution in [1.82, 2.24) is 0 Å². The van der Waals surface area contributed by atoms with E-state index in [1.807, 2.05) is 25.1 Å². The number of benzene rings is 1. The predicted molar refractivity (Wildman–Crippen MR) is 77.9 cm³/mol. The second kappa shape index (κ2) is 6.02. The summed E-state index contributed by atoms with van der Waals surface area (Å²) in [4.78, 5) is 12.7. The molecule has 1 aromatic rings. The van der Waals surface area contributed by atoms with E-state index in [2.05, 4.69) is 4.90 Å². The molecule has 0 atom stereocenters. The van der Waals surface area contributed by atoms with E-state index < -0.39 is 16.8 Å². The SMILES string of the molecule is Cc1cc(C=CC(=O)O)ccc1N1CCS(=O)CC1. The van der Waals surface area contributed by atoms with Crippen molar-refractivity contribution >= 4 is 28.5 Å². The zero-order valence-electron chi connectivity index (χ0n) is 10.8. The second-order valence-corrected chi connectivity index (χ2v) is 6.25. The van der Waals surface area contributed by atoms with Crippen LogP contribution in [0.2, 0.25) is 0 Å². The number of aliphatic carboxylic acids is 1. The van der Waals surface area contributed by atoms with Gasteiger partial charge in [0.15, 0.2) is 0 Å². The summed E-state index contributed by atoms with van der Waals surface area (Å²) in [6.07, 6.45) is 2.73. The first-order valence-corrected chi connectivity index (χ1v) is 7.66. The summed E-state index contributed by atoms with van der Waals surface area (Å²) in [5, 5.41) is 8.60. The lowest BCUT2D eigenvalue weighted by Gasteiger charge is -2.29. The van der Waals surface area contributed by atoms with E-state index in [0.29, 0.717) is 0 Å². The van der Waals surface area contributed by atoms with Crippen molar-refractivity contribution in [2.45, 2.75) is 6.92 Å². The molecule has 102 valence electrons. The van der Waals surface area contributed by atoms with E-state index >= 15 is 0 Å². The number of carbonyl (C=O) groups is 1. The maximum Gasteiger partial charge on any atom is 0.328 e. The fourth-order valence-electron chi connectivity index (χ4n) is 2.18. The fourth-order valence-corrected chi connectivity index (χ4v) is 3.24. The molecule has 1 aliphatic rings. The molecule has 1 heterocycles. The molecule has 0 saturated carbocycles. The molecule has 4 nitrogen and oxygen atoms in total. The van der Waals surface area contributed by atoms with Gasteiger partial charge in [-0.2, -0.15) is 0 Å². The first kappa shape index (κ1) is 13.8. The van der Waals surface area contributed by atoms with Crippen molar-refractivity contribution in [1.29, 1.82) is 0 Å². The lowest BCUT2D eigenvalue weighted by atomic mass is 10.1. The number of aryl methyl sites for hydroxylation is 1. The van der Waals surface area contributed by atoms with Crippen LogP contribution in [0.5, 0.6) is 0 Å². The number of rotatable bonds is 3. The molecule has 1 aromatic carbocycles. The van der Waals surface area contributed by atoms with E-state index in [1.165, 1.54) is 0 Å². The van der Waals surface area contributed by atoms with Crippen LogP contribution in [0.4, 0.5) is 5.69 Å². The third-order valence-corrected chi connectivity index (χ3v) is 4.43. The summed E-state index contributed by atoms with van der Waals surface area (Å²) in [5.41, 5.74) is 3.13. The maximum atomic E-state index is 11.3. The van der Waals surface area contributed by atoms with Crippen molar-refractivity contribution in [3.63, 3.8) is 0 Å². The van der Waals surface area contributed by atoms with Crippen LogP contribution >= 0.6 is 0 Å². The topological polar surface area (TPSA) is 57.6 Å². The smallest absolute Gasteiger partial charge is 0.328 e. The van der Waals surface area contributed by atoms with Crippen LogP contribution in [0.1, 0.15) is 11.1 Å². The summed E-state index contributed by atoms with van der Waals surface area (Å²) in [5.74, 6) is 0.500. The first-order chi connectivity index (χ1) is 9.06. The number of anilines is 1. The summed E-state index contributed by atoms with van der Waals surface area (Å²) < 4.78 is 11.3. The number of carboxylic acids is 1. The Morgan fingerprint density at radius 2 is 2.05 bits per heavy atom. The van der Waals surface area contributed by atoms with Gasteiger partial charge in [-0.1, -0.05) is 6.07 Å². The van der Waals surface area contributed by atoms with Gasteiger partial charge in [-0.05, 0) is 36.3 Å². The number of hydrogen-bond acceptors (Lipinski definition) is 3. The molecule has 0 aromatic heterocycles. The van der Waals surface area contributed by atoms with E-state index in [1.54, 1.807) is 6.08 Å². The quantitative estimate of drug-likeness (QED) is 0.855. The number of hydrogen-bond donors (Lipinski definition) is 1. The molecule has 5 heteroatoms. The van der Waals surface area contributed by atoms with Crippen LogP contribution in [0.15, 0.2) is 24.3 Å². The standard InChI is InChI=1S/C14H17NO3S/c1-11-10-12(3-5-14(16)17)2-4-13(11)15-6-8-19(18)9-7-15/h2-5,10H,6-9H2,1H3,(H,16,17). The molecule has 0 unspecified atom stereocenters. The minimum atomic E-state index is -0.944. The van der Waals surface area contributed by atoms with Gasteiger partial charge in [0, 0.05) is 47.2 Å². The summed E-state index contributed by atoms with van der Waals surface area (Å²) in [6.45, 7) is 3.65. The molecule has 1 N–H and O–H groups in total. The van der Waals surface area contributed by atoms with Crippen LogP contribution < -0.4 is 4.90 Å². The van der Waals surface area contributed by atoms with Gasteiger partial charge in [-0.3, -0.25) is 4.21 Å². The van der Waals surface area contributed by atoms with Gasteiger partial charge in [-0.15, -0.1) is 0 Å². The largest absolute Gasteiger partial charge is 0.478 e. The second-order valence-electron chi connectivity index (χ2n) is 4.55. The molecule has 1 aliphatic heterocycles. The predicted octanol–water partition coefficient (Wildman–Crippen LogP) is 1.66. The highest BCUT2D eigenvalue weighted by Gasteiger charge is 2.16. The zero-order chi connectivity index (χ0) is 13.8. The maximum absolute atomic E-state index is 11.3.